The van der Waals surface area contributed by atoms with Crippen molar-refractivity contribution in [2.24, 2.45) is 0 Å². The van der Waals surface area contributed by atoms with Crippen LogP contribution in [0.25, 0.3) is 0 Å². The maximum atomic E-state index is 9.95. The first kappa shape index (κ1) is 9.59. The standard InChI is InChI=1S/C5H8O3.Na.H/c6-3-5-4-7-1-2-8-5;;/h3,5H,1-2,4H2;;/q;+1;-1. The molecule has 0 aromatic rings. The molecule has 1 atom stereocenters. The molecule has 0 N–H and O–H groups in total. The van der Waals surface area contributed by atoms with Gasteiger partial charge >= 0.3 is 29.6 Å². The fourth-order valence-electron chi connectivity index (χ4n) is 0.585. The van der Waals surface area contributed by atoms with Crippen LogP contribution in [0.2, 0.25) is 0 Å². The topological polar surface area (TPSA) is 35.5 Å². The third-order valence-corrected chi connectivity index (χ3v) is 0.993. The van der Waals surface area contributed by atoms with E-state index in [-0.39, 0.29) is 37.1 Å². The first-order chi connectivity index (χ1) is 3.93. The summed E-state index contributed by atoms with van der Waals surface area (Å²) in [6, 6.07) is 0. The van der Waals surface area contributed by atoms with Gasteiger partial charge in [0.05, 0.1) is 19.8 Å². The molecule has 0 aliphatic carbocycles. The number of carbonyl (C=O) groups excluding carboxylic acids is 1. The van der Waals surface area contributed by atoms with Crippen LogP contribution in [0, 0.1) is 0 Å². The number of ether oxygens (including phenoxy) is 2. The second-order valence-electron chi connectivity index (χ2n) is 1.62. The monoisotopic (exact) mass is 140 g/mol. The van der Waals surface area contributed by atoms with Crippen LogP contribution >= 0.6 is 0 Å². The van der Waals surface area contributed by atoms with Crippen molar-refractivity contribution < 1.29 is 45.3 Å². The van der Waals surface area contributed by atoms with Crippen LogP contribution in [0.3, 0.4) is 0 Å². The maximum Gasteiger partial charge on any atom is 1.00 e. The molecule has 1 fully saturated rings. The van der Waals surface area contributed by atoms with Crippen molar-refractivity contribution in [3.63, 3.8) is 0 Å². The summed E-state index contributed by atoms with van der Waals surface area (Å²) in [6.45, 7) is 1.58. The van der Waals surface area contributed by atoms with Gasteiger partial charge in [-0.05, 0) is 0 Å². The second kappa shape index (κ2) is 5.38. The van der Waals surface area contributed by atoms with Gasteiger partial charge in [-0.3, -0.25) is 0 Å². The second-order valence-corrected chi connectivity index (χ2v) is 1.62. The number of rotatable bonds is 1. The third kappa shape index (κ3) is 3.33. The molecule has 0 saturated carbocycles. The summed E-state index contributed by atoms with van der Waals surface area (Å²) >= 11 is 0. The van der Waals surface area contributed by atoms with Gasteiger partial charge in [0, 0.05) is 0 Å². The molecule has 0 aromatic carbocycles. The van der Waals surface area contributed by atoms with Gasteiger partial charge < -0.3 is 15.7 Å². The molecule has 0 amide bonds. The van der Waals surface area contributed by atoms with Crippen LogP contribution in [0.4, 0.5) is 0 Å². The largest absolute Gasteiger partial charge is 1.00 e. The van der Waals surface area contributed by atoms with Crippen LogP contribution in [-0.4, -0.2) is 32.2 Å². The molecule has 48 valence electrons. The zero-order valence-electron chi connectivity index (χ0n) is 6.50. The van der Waals surface area contributed by atoms with E-state index in [1.807, 2.05) is 0 Å². The summed E-state index contributed by atoms with van der Waals surface area (Å²) in [5, 5.41) is 0. The molecule has 9 heavy (non-hydrogen) atoms. The van der Waals surface area contributed by atoms with Gasteiger partial charge in [-0.15, -0.1) is 0 Å². The van der Waals surface area contributed by atoms with Crippen LogP contribution < -0.4 is 29.6 Å². The van der Waals surface area contributed by atoms with Crippen LogP contribution in [0.5, 0.6) is 0 Å². The van der Waals surface area contributed by atoms with Crippen molar-refractivity contribution in [3.8, 4) is 0 Å². The zero-order valence-corrected chi connectivity index (χ0v) is 7.50. The molecule has 0 bridgehead atoms. The van der Waals surface area contributed by atoms with E-state index in [2.05, 4.69) is 0 Å². The minimum absolute atomic E-state index is 0. The Morgan fingerprint density at radius 1 is 1.56 bits per heavy atom. The van der Waals surface area contributed by atoms with Gasteiger partial charge in [0.1, 0.15) is 6.10 Å². The number of carbonyl (C=O) groups is 1. The van der Waals surface area contributed by atoms with Crippen LogP contribution in [0.1, 0.15) is 1.43 Å². The normalized spacial score (nSPS) is 26.4. The Bertz CT molecular complexity index is 85.0. The Balaban J connectivity index is 0. The van der Waals surface area contributed by atoms with Crippen molar-refractivity contribution in [3.05, 3.63) is 0 Å². The van der Waals surface area contributed by atoms with E-state index in [1.165, 1.54) is 0 Å². The Hall–Kier alpha value is 0.590. The fourth-order valence-corrected chi connectivity index (χ4v) is 0.585. The minimum Gasteiger partial charge on any atom is -1.00 e. The molecule has 4 heteroatoms. The maximum absolute atomic E-state index is 9.95. The third-order valence-electron chi connectivity index (χ3n) is 0.993. The molecule has 1 aliphatic heterocycles. The van der Waals surface area contributed by atoms with Gasteiger partial charge in [0.2, 0.25) is 0 Å². The van der Waals surface area contributed by atoms with E-state index in [9.17, 15) is 4.79 Å². The van der Waals surface area contributed by atoms with Crippen LogP contribution in [-0.2, 0) is 14.3 Å². The summed E-state index contributed by atoms with van der Waals surface area (Å²) in [5.74, 6) is 0. The van der Waals surface area contributed by atoms with E-state index in [1.54, 1.807) is 0 Å². The van der Waals surface area contributed by atoms with Crippen molar-refractivity contribution in [2.45, 2.75) is 6.10 Å². The van der Waals surface area contributed by atoms with Gasteiger partial charge in [0.15, 0.2) is 6.29 Å². The smallest absolute Gasteiger partial charge is 1.00 e. The number of hydrogen-bond donors (Lipinski definition) is 0. The number of hydrogen-bond acceptors (Lipinski definition) is 3. The van der Waals surface area contributed by atoms with Gasteiger partial charge in [0.25, 0.3) is 0 Å². The SMILES string of the molecule is O=CC1COCCO1.[H-].[Na+]. The molecule has 1 heterocycles. The van der Waals surface area contributed by atoms with E-state index >= 15 is 0 Å². The summed E-state index contributed by atoms with van der Waals surface area (Å²) in [7, 11) is 0. The number of aldehydes is 1. The fraction of sp³-hybridized carbons (Fsp3) is 0.800. The summed E-state index contributed by atoms with van der Waals surface area (Å²) < 4.78 is 9.85. The molecule has 1 rings (SSSR count). The van der Waals surface area contributed by atoms with E-state index in [0.29, 0.717) is 19.8 Å². The predicted molar refractivity (Wildman–Crippen MR) is 27.7 cm³/mol. The van der Waals surface area contributed by atoms with E-state index in [0.717, 1.165) is 6.29 Å². The first-order valence-corrected chi connectivity index (χ1v) is 2.58. The Kier molecular flexibility index (Phi) is 5.73. The molecule has 1 unspecified atom stereocenters. The van der Waals surface area contributed by atoms with Crippen LogP contribution in [0.15, 0.2) is 0 Å². The molecule has 0 spiro atoms. The average molecular weight is 140 g/mol. The van der Waals surface area contributed by atoms with E-state index < -0.39 is 0 Å². The van der Waals surface area contributed by atoms with Gasteiger partial charge in [-0.25, -0.2) is 0 Å². The van der Waals surface area contributed by atoms with Crippen molar-refractivity contribution >= 4 is 6.29 Å². The van der Waals surface area contributed by atoms with Crippen molar-refractivity contribution in [1.29, 1.82) is 0 Å². The summed E-state index contributed by atoms with van der Waals surface area (Å²) in [4.78, 5) is 9.95. The minimum atomic E-state index is -0.316. The van der Waals surface area contributed by atoms with Gasteiger partial charge in [-0.1, -0.05) is 0 Å². The Morgan fingerprint density at radius 2 is 2.33 bits per heavy atom. The summed E-state index contributed by atoms with van der Waals surface area (Å²) in [6.07, 6.45) is 0.447. The molecule has 1 saturated heterocycles. The van der Waals surface area contributed by atoms with E-state index in [4.69, 9.17) is 9.47 Å². The molecular formula is C5H9NaO3. The summed E-state index contributed by atoms with van der Waals surface area (Å²) in [5.41, 5.74) is 0. The zero-order chi connectivity index (χ0) is 5.82. The molecule has 1 aliphatic rings. The molecular weight excluding hydrogens is 131 g/mol. The Labute approximate surface area is 77.5 Å². The first-order valence-electron chi connectivity index (χ1n) is 2.58. The molecule has 0 aromatic heterocycles. The molecule has 0 radical (unpaired) electrons. The molecule has 3 nitrogen and oxygen atoms in total. The van der Waals surface area contributed by atoms with Gasteiger partial charge in [-0.2, -0.15) is 0 Å². The predicted octanol–water partition coefficient (Wildman–Crippen LogP) is -3.28. The Morgan fingerprint density at radius 3 is 2.67 bits per heavy atom. The average Bonchev–Trinajstić information content (AvgIpc) is 1.90. The van der Waals surface area contributed by atoms with Crippen molar-refractivity contribution in [2.75, 3.05) is 19.8 Å². The van der Waals surface area contributed by atoms with Crippen molar-refractivity contribution in [1.82, 2.24) is 0 Å². The quantitative estimate of drug-likeness (QED) is 0.283.